The number of non-ortho nitro benzene ring substituents is 1. The molecule has 0 bridgehead atoms. The van der Waals surface area contributed by atoms with E-state index in [1.807, 2.05) is 42.2 Å². The molecule has 0 N–H and O–H groups in total. The topological polar surface area (TPSA) is 83.8 Å². The molecule has 0 saturated heterocycles. The Labute approximate surface area is 197 Å². The predicted molar refractivity (Wildman–Crippen MR) is 129 cm³/mol. The number of rotatable bonds is 5. The molecule has 0 aromatic heterocycles. The smallest absolute Gasteiger partial charge is 0.282 e. The van der Waals surface area contributed by atoms with E-state index in [1.54, 1.807) is 24.3 Å². The molecule has 0 unspecified atom stereocenters. The molecule has 2 aliphatic heterocycles. The number of amides is 2. The van der Waals surface area contributed by atoms with Crippen LogP contribution in [0.4, 0.5) is 11.4 Å². The fraction of sp³-hybridized carbons (Fsp3) is 0.185. The van der Waals surface area contributed by atoms with Gasteiger partial charge in [-0.15, -0.1) is 0 Å². The Balaban J connectivity index is 1.60. The summed E-state index contributed by atoms with van der Waals surface area (Å²) in [5.41, 5.74) is 5.02. The summed E-state index contributed by atoms with van der Waals surface area (Å²) in [5.74, 6) is -0.793. The number of fused-ring (bicyclic) bond motifs is 1. The van der Waals surface area contributed by atoms with E-state index >= 15 is 0 Å². The van der Waals surface area contributed by atoms with Crippen LogP contribution in [0.2, 0.25) is 0 Å². The van der Waals surface area contributed by atoms with Crippen molar-refractivity contribution < 1.29 is 14.5 Å². The summed E-state index contributed by atoms with van der Waals surface area (Å²) in [7, 11) is 0. The number of nitro groups is 1. The van der Waals surface area contributed by atoms with E-state index in [9.17, 15) is 19.7 Å². The van der Waals surface area contributed by atoms with E-state index in [0.29, 0.717) is 30.0 Å². The Bertz CT molecular complexity index is 1330. The number of carbonyl (C=O) groups is 2. The number of imide groups is 1. The van der Waals surface area contributed by atoms with Crippen LogP contribution in [-0.2, 0) is 29.0 Å². The van der Waals surface area contributed by atoms with E-state index in [0.717, 1.165) is 24.0 Å². The Morgan fingerprint density at radius 3 is 2.21 bits per heavy atom. The number of aryl methyl sites for hydroxylation is 1. The molecular formula is C27H23N3O4. The third-order valence-electron chi connectivity index (χ3n) is 6.48. The zero-order valence-electron chi connectivity index (χ0n) is 18.7. The largest absolute Gasteiger partial charge is 0.362 e. The molecule has 3 aromatic rings. The van der Waals surface area contributed by atoms with E-state index in [1.165, 1.54) is 22.6 Å². The van der Waals surface area contributed by atoms with Crippen molar-refractivity contribution in [2.45, 2.75) is 26.3 Å². The Kier molecular flexibility index (Phi) is 5.45. The minimum absolute atomic E-state index is 0.0680. The number of carbonyl (C=O) groups excluding carboxylic acids is 2. The summed E-state index contributed by atoms with van der Waals surface area (Å²) in [6.07, 6.45) is 1.62. The number of nitrogens with zero attached hydrogens (tertiary/aromatic N) is 3. The van der Waals surface area contributed by atoms with Gasteiger partial charge in [-0.3, -0.25) is 19.7 Å². The van der Waals surface area contributed by atoms with Gasteiger partial charge in [0.05, 0.1) is 16.2 Å². The van der Waals surface area contributed by atoms with Crippen molar-refractivity contribution in [2.24, 2.45) is 0 Å². The number of benzene rings is 3. The van der Waals surface area contributed by atoms with Crippen LogP contribution < -0.4 is 4.90 Å². The quantitative estimate of drug-likeness (QED) is 0.323. The molecule has 34 heavy (non-hydrogen) atoms. The van der Waals surface area contributed by atoms with E-state index in [4.69, 9.17) is 0 Å². The van der Waals surface area contributed by atoms with Gasteiger partial charge in [0.25, 0.3) is 17.5 Å². The second kappa shape index (κ2) is 8.59. The summed E-state index contributed by atoms with van der Waals surface area (Å²) in [5, 5.41) is 11.1. The summed E-state index contributed by atoms with van der Waals surface area (Å²) >= 11 is 0. The Hall–Kier alpha value is -4.26. The van der Waals surface area contributed by atoms with Crippen LogP contribution in [0.5, 0.6) is 0 Å². The third kappa shape index (κ3) is 3.65. The molecular weight excluding hydrogens is 430 g/mol. The first-order valence-electron chi connectivity index (χ1n) is 11.3. The summed E-state index contributed by atoms with van der Waals surface area (Å²) in [4.78, 5) is 41.2. The highest BCUT2D eigenvalue weighted by Gasteiger charge is 2.43. The van der Waals surface area contributed by atoms with Crippen LogP contribution in [0.15, 0.2) is 78.5 Å². The van der Waals surface area contributed by atoms with E-state index < -0.39 is 10.8 Å². The molecule has 2 heterocycles. The lowest BCUT2D eigenvalue weighted by Gasteiger charge is -2.31. The minimum Gasteiger partial charge on any atom is -0.362 e. The molecule has 3 aromatic carbocycles. The monoisotopic (exact) mass is 453 g/mol. The molecule has 7 heteroatoms. The fourth-order valence-corrected chi connectivity index (χ4v) is 4.62. The van der Waals surface area contributed by atoms with Crippen LogP contribution in [0.25, 0.3) is 5.57 Å². The number of nitro benzene ring substituents is 1. The first-order chi connectivity index (χ1) is 16.5. The lowest BCUT2D eigenvalue weighted by Crippen LogP contribution is -2.37. The number of hydrogen-bond donors (Lipinski definition) is 0. The Morgan fingerprint density at radius 2 is 1.56 bits per heavy atom. The van der Waals surface area contributed by atoms with Crippen LogP contribution in [0, 0.1) is 10.1 Å². The lowest BCUT2D eigenvalue weighted by molar-refractivity contribution is -0.384. The first kappa shape index (κ1) is 21.6. The molecule has 170 valence electrons. The Morgan fingerprint density at radius 1 is 0.882 bits per heavy atom. The van der Waals surface area contributed by atoms with Gasteiger partial charge in [-0.05, 0) is 59.4 Å². The highest BCUT2D eigenvalue weighted by molar-refractivity contribution is 6.45. The van der Waals surface area contributed by atoms with Gasteiger partial charge < -0.3 is 4.90 Å². The van der Waals surface area contributed by atoms with Gasteiger partial charge in [0.1, 0.15) is 5.70 Å². The standard InChI is InChI=1S/C27H23N3O4/c1-2-18-7-11-22(12-8-18)29-26(31)24(20-9-13-23(14-10-20)30(33)34)25(27(29)32)28-16-15-19-5-3-4-6-21(19)17-28/h3-14H,2,15-17H2,1H3. The maximum absolute atomic E-state index is 13.7. The molecule has 2 aliphatic rings. The average Bonchev–Trinajstić information content (AvgIpc) is 3.13. The van der Waals surface area contributed by atoms with Crippen LogP contribution >= 0.6 is 0 Å². The van der Waals surface area contributed by atoms with Gasteiger partial charge in [0.2, 0.25) is 0 Å². The molecule has 5 rings (SSSR count). The van der Waals surface area contributed by atoms with Crippen molar-refractivity contribution in [1.82, 2.24) is 4.90 Å². The second-order valence-electron chi connectivity index (χ2n) is 8.43. The molecule has 0 radical (unpaired) electrons. The van der Waals surface area contributed by atoms with E-state index in [-0.39, 0.29) is 17.2 Å². The molecule has 0 aliphatic carbocycles. The second-order valence-corrected chi connectivity index (χ2v) is 8.43. The van der Waals surface area contributed by atoms with Crippen molar-refractivity contribution in [3.8, 4) is 0 Å². The van der Waals surface area contributed by atoms with Gasteiger partial charge in [0.15, 0.2) is 0 Å². The van der Waals surface area contributed by atoms with Gasteiger partial charge in [-0.1, -0.05) is 43.3 Å². The van der Waals surface area contributed by atoms with E-state index in [2.05, 4.69) is 6.07 Å². The van der Waals surface area contributed by atoms with Crippen molar-refractivity contribution in [3.63, 3.8) is 0 Å². The predicted octanol–water partition coefficient (Wildman–Crippen LogP) is 4.50. The zero-order chi connectivity index (χ0) is 23.8. The first-order valence-corrected chi connectivity index (χ1v) is 11.3. The minimum atomic E-state index is -0.482. The van der Waals surface area contributed by atoms with Crippen LogP contribution in [-0.4, -0.2) is 28.2 Å². The zero-order valence-corrected chi connectivity index (χ0v) is 18.7. The SMILES string of the molecule is CCc1ccc(N2C(=O)C(c3ccc([N+](=O)[O-])cc3)=C(N3CCc4ccccc4C3)C2=O)cc1. The van der Waals surface area contributed by atoms with Crippen molar-refractivity contribution in [1.29, 1.82) is 0 Å². The molecule has 0 spiro atoms. The van der Waals surface area contributed by atoms with Crippen molar-refractivity contribution in [2.75, 3.05) is 11.4 Å². The van der Waals surface area contributed by atoms with Crippen molar-refractivity contribution in [3.05, 3.63) is 111 Å². The summed E-state index contributed by atoms with van der Waals surface area (Å²) in [6.45, 7) is 3.16. The summed E-state index contributed by atoms with van der Waals surface area (Å²) in [6, 6.07) is 21.3. The highest BCUT2D eigenvalue weighted by atomic mass is 16.6. The molecule has 0 saturated carbocycles. The van der Waals surface area contributed by atoms with Gasteiger partial charge >= 0.3 is 0 Å². The molecule has 0 fully saturated rings. The summed E-state index contributed by atoms with van der Waals surface area (Å²) < 4.78 is 0. The van der Waals surface area contributed by atoms with Gasteiger partial charge in [-0.25, -0.2) is 4.90 Å². The maximum Gasteiger partial charge on any atom is 0.282 e. The average molecular weight is 453 g/mol. The van der Waals surface area contributed by atoms with Gasteiger partial charge in [0, 0.05) is 25.2 Å². The fourth-order valence-electron chi connectivity index (χ4n) is 4.62. The van der Waals surface area contributed by atoms with Crippen LogP contribution in [0.1, 0.15) is 29.2 Å². The molecule has 2 amide bonds. The van der Waals surface area contributed by atoms with Crippen LogP contribution in [0.3, 0.4) is 0 Å². The molecule has 7 nitrogen and oxygen atoms in total. The highest BCUT2D eigenvalue weighted by Crippen LogP contribution is 2.37. The molecule has 0 atom stereocenters. The lowest BCUT2D eigenvalue weighted by atomic mass is 9.98. The normalized spacial score (nSPS) is 15.7. The van der Waals surface area contributed by atoms with Gasteiger partial charge in [-0.2, -0.15) is 0 Å². The third-order valence-corrected chi connectivity index (χ3v) is 6.48. The maximum atomic E-state index is 13.7. The number of anilines is 1. The van der Waals surface area contributed by atoms with Crippen molar-refractivity contribution >= 4 is 28.8 Å². The number of hydrogen-bond acceptors (Lipinski definition) is 5.